The van der Waals surface area contributed by atoms with Crippen LogP contribution in [0.3, 0.4) is 0 Å². The molecular formula is C19H14BrF2NO2. The lowest BCUT2D eigenvalue weighted by Gasteiger charge is -2.23. The van der Waals surface area contributed by atoms with Crippen LogP contribution in [0.15, 0.2) is 42.0 Å². The van der Waals surface area contributed by atoms with Gasteiger partial charge in [0, 0.05) is 15.6 Å². The maximum Gasteiger partial charge on any atom is 0.231 e. The Morgan fingerprint density at radius 1 is 1.20 bits per heavy atom. The molecule has 3 rings (SSSR count). The molecule has 0 radical (unpaired) electrons. The lowest BCUT2D eigenvalue weighted by molar-refractivity contribution is -0.118. The number of carbonyl (C=O) groups is 2. The van der Waals surface area contributed by atoms with Gasteiger partial charge in [-0.1, -0.05) is 18.2 Å². The van der Waals surface area contributed by atoms with E-state index in [2.05, 4.69) is 15.9 Å². The molecule has 6 heteroatoms. The number of aryl methyl sites for hydroxylation is 1. The van der Waals surface area contributed by atoms with Crippen molar-refractivity contribution in [2.24, 2.45) is 0 Å². The number of aldehydes is 1. The summed E-state index contributed by atoms with van der Waals surface area (Å²) in [4.78, 5) is 25.3. The topological polar surface area (TPSA) is 37.4 Å². The first-order chi connectivity index (χ1) is 11.9. The second-order valence-corrected chi connectivity index (χ2v) is 6.62. The number of nitrogens with zero attached hydrogens (tertiary/aromatic N) is 1. The number of hydrogen-bond acceptors (Lipinski definition) is 2. The van der Waals surface area contributed by atoms with Crippen LogP contribution < -0.4 is 4.90 Å². The van der Waals surface area contributed by atoms with Gasteiger partial charge in [0.05, 0.1) is 18.7 Å². The van der Waals surface area contributed by atoms with E-state index in [4.69, 9.17) is 0 Å². The summed E-state index contributed by atoms with van der Waals surface area (Å²) < 4.78 is 28.5. The minimum absolute atomic E-state index is 0.0822. The number of benzene rings is 2. The number of halogens is 3. The standard InChI is InChI=1S/C19H14BrF2NO2/c1-11-5-6-12(7-15(11)22)9-23-16-4-2-3-14(21)18(16)19(20)13(10-24)8-17(23)25/h2-7,10H,8-9H2,1H3. The van der Waals surface area contributed by atoms with Gasteiger partial charge in [-0.3, -0.25) is 9.59 Å². The van der Waals surface area contributed by atoms with Crippen molar-refractivity contribution in [2.45, 2.75) is 19.9 Å². The van der Waals surface area contributed by atoms with Gasteiger partial charge in [-0.15, -0.1) is 0 Å². The highest BCUT2D eigenvalue weighted by atomic mass is 79.9. The molecule has 0 saturated carbocycles. The van der Waals surface area contributed by atoms with Crippen molar-refractivity contribution in [3.05, 3.63) is 70.3 Å². The zero-order valence-corrected chi connectivity index (χ0v) is 14.9. The van der Waals surface area contributed by atoms with Gasteiger partial charge in [0.15, 0.2) is 0 Å². The van der Waals surface area contributed by atoms with Crippen LogP contribution in [-0.2, 0) is 16.1 Å². The fourth-order valence-electron chi connectivity index (χ4n) is 2.77. The molecule has 25 heavy (non-hydrogen) atoms. The predicted octanol–water partition coefficient (Wildman–Crippen LogP) is 4.52. The Morgan fingerprint density at radius 2 is 1.96 bits per heavy atom. The maximum atomic E-state index is 14.4. The lowest BCUT2D eigenvalue weighted by atomic mass is 10.1. The summed E-state index contributed by atoms with van der Waals surface area (Å²) in [7, 11) is 0. The number of anilines is 1. The van der Waals surface area contributed by atoms with Crippen LogP contribution in [0.1, 0.15) is 23.1 Å². The Kier molecular flexibility index (Phi) is 4.81. The molecule has 2 aromatic rings. The van der Waals surface area contributed by atoms with E-state index in [0.717, 1.165) is 0 Å². The number of fused-ring (bicyclic) bond motifs is 1. The molecule has 1 amide bonds. The van der Waals surface area contributed by atoms with E-state index < -0.39 is 5.82 Å². The number of rotatable bonds is 3. The van der Waals surface area contributed by atoms with E-state index in [1.165, 1.54) is 23.1 Å². The molecule has 128 valence electrons. The van der Waals surface area contributed by atoms with Crippen LogP contribution in [0.5, 0.6) is 0 Å². The first-order valence-corrected chi connectivity index (χ1v) is 8.39. The summed E-state index contributed by atoms with van der Waals surface area (Å²) >= 11 is 3.25. The van der Waals surface area contributed by atoms with E-state index in [0.29, 0.717) is 23.1 Å². The first kappa shape index (κ1) is 17.5. The van der Waals surface area contributed by atoms with Gasteiger partial charge in [0.1, 0.15) is 17.9 Å². The molecule has 0 N–H and O–H groups in total. The Labute approximate surface area is 152 Å². The molecule has 3 nitrogen and oxygen atoms in total. The van der Waals surface area contributed by atoms with E-state index in [1.807, 2.05) is 0 Å². The number of carbonyl (C=O) groups excluding carboxylic acids is 2. The molecule has 0 aromatic heterocycles. The summed E-state index contributed by atoms with van der Waals surface area (Å²) in [6, 6.07) is 9.08. The summed E-state index contributed by atoms with van der Waals surface area (Å²) in [5.41, 5.74) is 1.76. The van der Waals surface area contributed by atoms with Crippen LogP contribution in [0.2, 0.25) is 0 Å². The Bertz CT molecular complexity index is 908. The zero-order chi connectivity index (χ0) is 18.1. The van der Waals surface area contributed by atoms with Gasteiger partial charge >= 0.3 is 0 Å². The van der Waals surface area contributed by atoms with E-state index >= 15 is 0 Å². The van der Waals surface area contributed by atoms with Gasteiger partial charge < -0.3 is 4.90 Å². The second kappa shape index (κ2) is 6.88. The van der Waals surface area contributed by atoms with Gasteiger partial charge in [0.25, 0.3) is 0 Å². The molecule has 0 aliphatic carbocycles. The fourth-order valence-corrected chi connectivity index (χ4v) is 3.40. The van der Waals surface area contributed by atoms with Crippen LogP contribution in [-0.4, -0.2) is 12.2 Å². The molecule has 0 saturated heterocycles. The van der Waals surface area contributed by atoms with Crippen LogP contribution in [0.4, 0.5) is 14.5 Å². The van der Waals surface area contributed by atoms with Crippen molar-refractivity contribution >= 4 is 38.3 Å². The molecule has 0 atom stereocenters. The van der Waals surface area contributed by atoms with Gasteiger partial charge in [-0.25, -0.2) is 8.78 Å². The average Bonchev–Trinajstić information content (AvgIpc) is 2.68. The molecule has 0 spiro atoms. The fraction of sp³-hybridized carbons (Fsp3) is 0.158. The SMILES string of the molecule is Cc1ccc(CN2C(=O)CC(C=O)=C(Br)c3c(F)cccc32)cc1F. The maximum absolute atomic E-state index is 14.4. The van der Waals surface area contributed by atoms with Gasteiger partial charge in [-0.2, -0.15) is 0 Å². The smallest absolute Gasteiger partial charge is 0.231 e. The Morgan fingerprint density at radius 3 is 2.64 bits per heavy atom. The quantitative estimate of drug-likeness (QED) is 0.704. The molecule has 0 unspecified atom stereocenters. The van der Waals surface area contributed by atoms with Gasteiger partial charge in [0.2, 0.25) is 5.91 Å². The van der Waals surface area contributed by atoms with Crippen LogP contribution >= 0.6 is 15.9 Å². The van der Waals surface area contributed by atoms with Crippen molar-refractivity contribution in [3.63, 3.8) is 0 Å². The minimum atomic E-state index is -0.543. The first-order valence-electron chi connectivity index (χ1n) is 7.60. The van der Waals surface area contributed by atoms with E-state index in [-0.39, 0.29) is 40.3 Å². The Balaban J connectivity index is 2.11. The van der Waals surface area contributed by atoms with E-state index in [1.54, 1.807) is 25.1 Å². The molecule has 0 fully saturated rings. The van der Waals surface area contributed by atoms with E-state index in [9.17, 15) is 18.4 Å². The molecule has 0 bridgehead atoms. The monoisotopic (exact) mass is 405 g/mol. The highest BCUT2D eigenvalue weighted by molar-refractivity contribution is 9.15. The van der Waals surface area contributed by atoms with Crippen LogP contribution in [0, 0.1) is 18.6 Å². The number of hydrogen-bond donors (Lipinski definition) is 0. The molecule has 1 heterocycles. The molecule has 1 aliphatic heterocycles. The predicted molar refractivity (Wildman–Crippen MR) is 95.3 cm³/mol. The zero-order valence-electron chi connectivity index (χ0n) is 13.4. The molecular weight excluding hydrogens is 392 g/mol. The lowest BCUT2D eigenvalue weighted by Crippen LogP contribution is -2.30. The van der Waals surface area contributed by atoms with Crippen molar-refractivity contribution in [3.8, 4) is 0 Å². The normalized spacial score (nSPS) is 14.4. The minimum Gasteiger partial charge on any atom is -0.307 e. The van der Waals surface area contributed by atoms with Crippen LogP contribution in [0.25, 0.3) is 4.48 Å². The van der Waals surface area contributed by atoms with Crippen molar-refractivity contribution in [1.82, 2.24) is 0 Å². The molecule has 2 aromatic carbocycles. The van der Waals surface area contributed by atoms with Gasteiger partial charge in [-0.05, 0) is 52.2 Å². The third kappa shape index (κ3) is 3.26. The van der Waals surface area contributed by atoms with Crippen molar-refractivity contribution in [2.75, 3.05) is 4.90 Å². The second-order valence-electron chi connectivity index (χ2n) is 5.83. The number of amides is 1. The summed E-state index contributed by atoms with van der Waals surface area (Å²) in [6.45, 7) is 1.73. The largest absolute Gasteiger partial charge is 0.307 e. The Hall–Kier alpha value is -2.34. The third-order valence-electron chi connectivity index (χ3n) is 4.15. The summed E-state index contributed by atoms with van der Waals surface area (Å²) in [5.74, 6) is -1.27. The third-order valence-corrected chi connectivity index (χ3v) is 5.05. The highest BCUT2D eigenvalue weighted by Gasteiger charge is 2.28. The average molecular weight is 406 g/mol. The summed E-state index contributed by atoms with van der Waals surface area (Å²) in [5, 5.41) is 0. The van der Waals surface area contributed by atoms with Crippen molar-refractivity contribution < 1.29 is 18.4 Å². The molecule has 1 aliphatic rings. The highest BCUT2D eigenvalue weighted by Crippen LogP contribution is 2.39. The van der Waals surface area contributed by atoms with Crippen molar-refractivity contribution in [1.29, 1.82) is 0 Å². The summed E-state index contributed by atoms with van der Waals surface area (Å²) in [6.07, 6.45) is 0.389.